The highest BCUT2D eigenvalue weighted by molar-refractivity contribution is 5.84. The average Bonchev–Trinajstić information content (AvgIpc) is 3.23. The summed E-state index contributed by atoms with van der Waals surface area (Å²) in [5.74, 6) is 0.700. The van der Waals surface area contributed by atoms with Gasteiger partial charge in [0.1, 0.15) is 11.8 Å². The van der Waals surface area contributed by atoms with Crippen molar-refractivity contribution in [3.63, 3.8) is 0 Å². The van der Waals surface area contributed by atoms with Crippen LogP contribution in [0.25, 0.3) is 6.08 Å². The van der Waals surface area contributed by atoms with Crippen LogP contribution in [0.5, 0.6) is 5.75 Å². The van der Waals surface area contributed by atoms with E-state index >= 15 is 0 Å². The third kappa shape index (κ3) is 5.77. The number of hydrogen-bond acceptors (Lipinski definition) is 5. The Balaban J connectivity index is 1.44. The molecular weight excluding hydrogens is 352 g/mol. The number of allylic oxidation sites excluding steroid dienone is 1. The van der Waals surface area contributed by atoms with E-state index in [0.29, 0.717) is 13.0 Å². The largest absolute Gasteiger partial charge is 0.494 e. The summed E-state index contributed by atoms with van der Waals surface area (Å²) in [4.78, 5) is 12.3. The molecule has 0 radical (unpaired) electrons. The summed E-state index contributed by atoms with van der Waals surface area (Å²) in [7, 11) is 0. The average molecular weight is 378 g/mol. The zero-order valence-corrected chi connectivity index (χ0v) is 16.0. The van der Waals surface area contributed by atoms with Gasteiger partial charge in [0.25, 0.3) is 5.91 Å². The van der Waals surface area contributed by atoms with Crippen molar-refractivity contribution in [2.45, 2.75) is 31.8 Å². The Morgan fingerprint density at radius 2 is 1.96 bits per heavy atom. The van der Waals surface area contributed by atoms with Gasteiger partial charge in [0.15, 0.2) is 0 Å². The maximum absolute atomic E-state index is 12.3. The van der Waals surface area contributed by atoms with Crippen LogP contribution in [0.4, 0.5) is 0 Å². The number of ether oxygens (including phenoxy) is 1. The number of hydrogen-bond donors (Lipinski definition) is 3. The molecule has 1 aliphatic rings. The van der Waals surface area contributed by atoms with Crippen LogP contribution in [-0.4, -0.2) is 24.8 Å². The first-order valence-electron chi connectivity index (χ1n) is 9.54. The summed E-state index contributed by atoms with van der Waals surface area (Å²) in [5, 5.41) is 3.97. The number of benzene rings is 2. The summed E-state index contributed by atoms with van der Waals surface area (Å²) >= 11 is 0. The molecule has 1 fully saturated rings. The fourth-order valence-electron chi connectivity index (χ4n) is 2.90. The van der Waals surface area contributed by atoms with Crippen LogP contribution in [0.15, 0.2) is 65.8 Å². The Labute approximate surface area is 165 Å². The monoisotopic (exact) mass is 378 g/mol. The van der Waals surface area contributed by atoms with Crippen LogP contribution in [0, 0.1) is 0 Å². The summed E-state index contributed by atoms with van der Waals surface area (Å²) in [5.41, 5.74) is 11.0. The lowest BCUT2D eigenvalue weighted by molar-refractivity contribution is -0.122. The van der Waals surface area contributed by atoms with Crippen molar-refractivity contribution in [1.29, 1.82) is 0 Å². The highest BCUT2D eigenvalue weighted by Gasteiger charge is 2.29. The van der Waals surface area contributed by atoms with Crippen molar-refractivity contribution in [3.8, 4) is 5.75 Å². The second kappa shape index (κ2) is 10.4. The topological polar surface area (TPSA) is 74.8 Å². The molecule has 3 N–H and O–H groups in total. The third-order valence-electron chi connectivity index (χ3n) is 4.40. The lowest BCUT2D eigenvalue weighted by atomic mass is 10.0. The standard InChI is InChI=1S/C22H26N4O2/c1-2-15-28-19-12-10-18(11-13-19)20-16-21(25-24-20)22(27)26-23-14-6-9-17-7-4-3-5-8-17/h3-14,20-21,24-25H,2,15-16H2,1H3,(H,26,27)/b9-6+,23-14+. The van der Waals surface area contributed by atoms with Crippen LogP contribution >= 0.6 is 0 Å². The van der Waals surface area contributed by atoms with Crippen molar-refractivity contribution < 1.29 is 9.53 Å². The van der Waals surface area contributed by atoms with Crippen LogP contribution in [0.1, 0.15) is 36.9 Å². The Morgan fingerprint density at radius 3 is 2.71 bits per heavy atom. The van der Waals surface area contributed by atoms with Gasteiger partial charge in [-0.1, -0.05) is 55.5 Å². The summed E-state index contributed by atoms with van der Waals surface area (Å²) in [6.07, 6.45) is 6.92. The molecule has 0 aromatic heterocycles. The lowest BCUT2D eigenvalue weighted by Crippen LogP contribution is -2.41. The molecule has 0 spiro atoms. The van der Waals surface area contributed by atoms with Crippen LogP contribution in [0.3, 0.4) is 0 Å². The number of hydrazine groups is 1. The maximum Gasteiger partial charge on any atom is 0.258 e. The number of carbonyl (C=O) groups is 1. The summed E-state index contributed by atoms with van der Waals surface area (Å²) in [6, 6.07) is 17.6. The van der Waals surface area contributed by atoms with E-state index < -0.39 is 0 Å². The van der Waals surface area contributed by atoms with Gasteiger partial charge < -0.3 is 4.74 Å². The van der Waals surface area contributed by atoms with Gasteiger partial charge in [0, 0.05) is 12.3 Å². The highest BCUT2D eigenvalue weighted by atomic mass is 16.5. The van der Waals surface area contributed by atoms with E-state index in [1.54, 1.807) is 12.3 Å². The minimum atomic E-state index is -0.337. The minimum absolute atomic E-state index is 0.0675. The van der Waals surface area contributed by atoms with Gasteiger partial charge in [-0.25, -0.2) is 16.3 Å². The Hall–Kier alpha value is -2.96. The molecule has 146 valence electrons. The van der Waals surface area contributed by atoms with Crippen molar-refractivity contribution in [3.05, 3.63) is 71.8 Å². The van der Waals surface area contributed by atoms with Gasteiger partial charge in [-0.15, -0.1) is 0 Å². The van der Waals surface area contributed by atoms with Gasteiger partial charge in [0.05, 0.1) is 6.61 Å². The zero-order chi connectivity index (χ0) is 19.6. The normalized spacial score (nSPS) is 19.3. The molecule has 2 aromatic rings. The van der Waals surface area contributed by atoms with Crippen molar-refractivity contribution in [1.82, 2.24) is 16.3 Å². The smallest absolute Gasteiger partial charge is 0.258 e. The quantitative estimate of drug-likeness (QED) is 0.487. The van der Waals surface area contributed by atoms with Gasteiger partial charge >= 0.3 is 0 Å². The molecule has 6 nitrogen and oxygen atoms in total. The maximum atomic E-state index is 12.3. The molecule has 3 rings (SSSR count). The van der Waals surface area contributed by atoms with Crippen LogP contribution in [0.2, 0.25) is 0 Å². The van der Waals surface area contributed by atoms with E-state index in [9.17, 15) is 4.79 Å². The Kier molecular flexibility index (Phi) is 7.35. The van der Waals surface area contributed by atoms with Gasteiger partial charge in [0.2, 0.25) is 0 Å². The molecule has 0 saturated carbocycles. The molecule has 1 amide bonds. The van der Waals surface area contributed by atoms with E-state index in [1.807, 2.05) is 60.7 Å². The van der Waals surface area contributed by atoms with Gasteiger partial charge in [-0.05, 0) is 42.2 Å². The van der Waals surface area contributed by atoms with E-state index in [2.05, 4.69) is 28.3 Å². The van der Waals surface area contributed by atoms with E-state index in [0.717, 1.165) is 23.3 Å². The van der Waals surface area contributed by atoms with Crippen LogP contribution < -0.4 is 21.0 Å². The second-order valence-electron chi connectivity index (χ2n) is 6.57. The van der Waals surface area contributed by atoms with Crippen molar-refractivity contribution >= 4 is 18.2 Å². The molecule has 0 bridgehead atoms. The van der Waals surface area contributed by atoms with Crippen molar-refractivity contribution in [2.75, 3.05) is 6.61 Å². The minimum Gasteiger partial charge on any atom is -0.494 e. The molecule has 0 aliphatic carbocycles. The van der Waals surface area contributed by atoms with E-state index in [4.69, 9.17) is 4.74 Å². The summed E-state index contributed by atoms with van der Waals surface area (Å²) in [6.45, 7) is 2.79. The number of nitrogens with zero attached hydrogens (tertiary/aromatic N) is 1. The first kappa shape index (κ1) is 19.8. The Morgan fingerprint density at radius 1 is 1.18 bits per heavy atom. The SMILES string of the molecule is CCCOc1ccc(C2CC(C(=O)N/N=C/C=C/c3ccccc3)NN2)cc1. The summed E-state index contributed by atoms with van der Waals surface area (Å²) < 4.78 is 5.60. The first-order valence-corrected chi connectivity index (χ1v) is 9.54. The molecule has 2 unspecified atom stereocenters. The van der Waals surface area contributed by atoms with E-state index in [-0.39, 0.29) is 18.0 Å². The Bertz CT molecular complexity index is 803. The molecule has 6 heteroatoms. The molecule has 28 heavy (non-hydrogen) atoms. The first-order chi connectivity index (χ1) is 13.8. The number of rotatable bonds is 8. The number of hydrazone groups is 1. The molecule has 2 atom stereocenters. The van der Waals surface area contributed by atoms with Gasteiger partial charge in [-0.3, -0.25) is 4.79 Å². The molecular formula is C22H26N4O2. The van der Waals surface area contributed by atoms with Crippen molar-refractivity contribution in [2.24, 2.45) is 5.10 Å². The number of nitrogens with one attached hydrogen (secondary N) is 3. The number of carbonyl (C=O) groups excluding carboxylic acids is 1. The molecule has 1 heterocycles. The second-order valence-corrected chi connectivity index (χ2v) is 6.57. The number of amides is 1. The molecule has 1 aliphatic heterocycles. The van der Waals surface area contributed by atoms with Gasteiger partial charge in [-0.2, -0.15) is 5.10 Å². The highest BCUT2D eigenvalue weighted by Crippen LogP contribution is 2.24. The predicted octanol–water partition coefficient (Wildman–Crippen LogP) is 3.20. The molecule has 2 aromatic carbocycles. The lowest BCUT2D eigenvalue weighted by Gasteiger charge is -2.11. The van der Waals surface area contributed by atoms with E-state index in [1.165, 1.54) is 0 Å². The fraction of sp³-hybridized carbons (Fsp3) is 0.273. The third-order valence-corrected chi connectivity index (χ3v) is 4.40. The predicted molar refractivity (Wildman–Crippen MR) is 112 cm³/mol. The fourth-order valence-corrected chi connectivity index (χ4v) is 2.90. The molecule has 1 saturated heterocycles. The van der Waals surface area contributed by atoms with Crippen LogP contribution in [-0.2, 0) is 4.79 Å². The zero-order valence-electron chi connectivity index (χ0n) is 16.0.